The third-order valence-corrected chi connectivity index (χ3v) is 4.08. The van der Waals surface area contributed by atoms with E-state index in [9.17, 15) is 9.59 Å². The molecule has 1 N–H and O–H groups in total. The first-order chi connectivity index (χ1) is 7.01. The van der Waals surface area contributed by atoms with Crippen LogP contribution in [0.5, 0.6) is 0 Å². The van der Waals surface area contributed by atoms with E-state index < -0.39 is 5.54 Å². The molecule has 3 heteroatoms. The summed E-state index contributed by atoms with van der Waals surface area (Å²) in [6.07, 6.45) is 3.02. The van der Waals surface area contributed by atoms with Gasteiger partial charge in [-0.2, -0.15) is 0 Å². The van der Waals surface area contributed by atoms with Crippen molar-refractivity contribution in [3.8, 4) is 0 Å². The van der Waals surface area contributed by atoms with Gasteiger partial charge in [0.15, 0.2) is 5.78 Å². The molecule has 0 bridgehead atoms. The van der Waals surface area contributed by atoms with Crippen LogP contribution in [0.1, 0.15) is 33.6 Å². The Morgan fingerprint density at radius 2 is 2.07 bits per heavy atom. The highest BCUT2D eigenvalue weighted by Crippen LogP contribution is 2.42. The van der Waals surface area contributed by atoms with E-state index in [0.29, 0.717) is 12.3 Å². The molecule has 3 unspecified atom stereocenters. The van der Waals surface area contributed by atoms with Crippen LogP contribution in [-0.2, 0) is 9.59 Å². The van der Waals surface area contributed by atoms with Gasteiger partial charge in [0.05, 0.1) is 6.42 Å². The fourth-order valence-electron chi connectivity index (χ4n) is 2.73. The van der Waals surface area contributed by atoms with Crippen molar-refractivity contribution in [3.63, 3.8) is 0 Å². The summed E-state index contributed by atoms with van der Waals surface area (Å²) >= 11 is 0. The Hall–Kier alpha value is -1.12. The maximum Gasteiger partial charge on any atom is 0.223 e. The lowest BCUT2D eigenvalue weighted by atomic mass is 9.63. The molecular formula is C12H17NO2. The summed E-state index contributed by atoms with van der Waals surface area (Å²) in [4.78, 5) is 23.0. The molecular weight excluding hydrogens is 190 g/mol. The fourth-order valence-corrected chi connectivity index (χ4v) is 2.73. The van der Waals surface area contributed by atoms with Crippen molar-refractivity contribution in [2.45, 2.75) is 39.2 Å². The summed E-state index contributed by atoms with van der Waals surface area (Å²) in [5.74, 6) is 0.677. The quantitative estimate of drug-likeness (QED) is 0.661. The lowest BCUT2D eigenvalue weighted by molar-refractivity contribution is -0.145. The summed E-state index contributed by atoms with van der Waals surface area (Å²) in [5.41, 5.74) is 0.633. The summed E-state index contributed by atoms with van der Waals surface area (Å²) in [6.45, 7) is 6.27. The van der Waals surface area contributed by atoms with Crippen LogP contribution in [0.2, 0.25) is 0 Å². The van der Waals surface area contributed by atoms with Crippen LogP contribution in [0.15, 0.2) is 11.6 Å². The number of carbonyl (C=O) groups is 2. The van der Waals surface area contributed by atoms with E-state index in [0.717, 1.165) is 6.42 Å². The predicted molar refractivity (Wildman–Crippen MR) is 57.2 cm³/mol. The van der Waals surface area contributed by atoms with Crippen molar-refractivity contribution < 1.29 is 9.59 Å². The molecule has 0 saturated carbocycles. The van der Waals surface area contributed by atoms with E-state index in [4.69, 9.17) is 0 Å². The Balaban J connectivity index is 2.34. The number of ketones is 1. The van der Waals surface area contributed by atoms with Crippen LogP contribution in [0.4, 0.5) is 0 Å². The first-order valence-electron chi connectivity index (χ1n) is 5.57. The average molecular weight is 207 g/mol. The minimum atomic E-state index is -0.574. The van der Waals surface area contributed by atoms with Crippen molar-refractivity contribution in [2.75, 3.05) is 0 Å². The van der Waals surface area contributed by atoms with E-state index in [1.807, 2.05) is 0 Å². The van der Waals surface area contributed by atoms with Gasteiger partial charge in [-0.3, -0.25) is 9.59 Å². The first kappa shape index (κ1) is 10.4. The highest BCUT2D eigenvalue weighted by molar-refractivity contribution is 6.08. The lowest BCUT2D eigenvalue weighted by Crippen LogP contribution is -2.70. The van der Waals surface area contributed by atoms with Gasteiger partial charge in [-0.1, -0.05) is 26.3 Å². The molecule has 82 valence electrons. The Kier molecular flexibility index (Phi) is 2.21. The van der Waals surface area contributed by atoms with Gasteiger partial charge in [0, 0.05) is 0 Å². The number of hydrogen-bond donors (Lipinski definition) is 1. The number of allylic oxidation sites excluding steroid dienone is 1. The van der Waals surface area contributed by atoms with Crippen molar-refractivity contribution in [3.05, 3.63) is 11.6 Å². The highest BCUT2D eigenvalue weighted by atomic mass is 16.2. The fraction of sp³-hybridized carbons (Fsp3) is 0.667. The molecule has 1 heterocycles. The second-order valence-corrected chi connectivity index (χ2v) is 4.71. The molecule has 15 heavy (non-hydrogen) atoms. The maximum absolute atomic E-state index is 12.0. The van der Waals surface area contributed by atoms with Crippen molar-refractivity contribution in [1.29, 1.82) is 0 Å². The third-order valence-electron chi connectivity index (χ3n) is 4.08. The molecule has 3 atom stereocenters. The number of nitrogens with one attached hydrogen (secondary N) is 1. The number of rotatable bonds is 1. The van der Waals surface area contributed by atoms with E-state index in [2.05, 4.69) is 26.1 Å². The van der Waals surface area contributed by atoms with Gasteiger partial charge in [-0.05, 0) is 24.3 Å². The molecule has 1 fully saturated rings. The minimum absolute atomic E-state index is 0.00394. The maximum atomic E-state index is 12.0. The van der Waals surface area contributed by atoms with Gasteiger partial charge < -0.3 is 5.32 Å². The highest BCUT2D eigenvalue weighted by Gasteiger charge is 2.55. The van der Waals surface area contributed by atoms with Gasteiger partial charge in [-0.15, -0.1) is 0 Å². The van der Waals surface area contributed by atoms with Gasteiger partial charge in [0.1, 0.15) is 5.54 Å². The van der Waals surface area contributed by atoms with Crippen LogP contribution >= 0.6 is 0 Å². The molecule has 1 saturated heterocycles. The average Bonchev–Trinajstić information content (AvgIpc) is 2.16. The largest absolute Gasteiger partial charge is 0.342 e. The van der Waals surface area contributed by atoms with Gasteiger partial charge >= 0.3 is 0 Å². The van der Waals surface area contributed by atoms with Crippen molar-refractivity contribution in [2.24, 2.45) is 11.8 Å². The molecule has 0 aromatic carbocycles. The molecule has 1 spiro atoms. The molecule has 1 amide bonds. The summed E-state index contributed by atoms with van der Waals surface area (Å²) in [6, 6.07) is 0. The van der Waals surface area contributed by atoms with E-state index in [1.54, 1.807) is 6.08 Å². The Bertz CT molecular complexity index is 349. The van der Waals surface area contributed by atoms with Crippen molar-refractivity contribution in [1.82, 2.24) is 5.32 Å². The first-order valence-corrected chi connectivity index (χ1v) is 5.57. The summed E-state index contributed by atoms with van der Waals surface area (Å²) in [5, 5.41) is 2.80. The van der Waals surface area contributed by atoms with Crippen LogP contribution in [0.3, 0.4) is 0 Å². The number of amides is 1. The van der Waals surface area contributed by atoms with Crippen LogP contribution in [-0.4, -0.2) is 17.2 Å². The van der Waals surface area contributed by atoms with E-state index >= 15 is 0 Å². The monoisotopic (exact) mass is 207 g/mol. The second-order valence-electron chi connectivity index (χ2n) is 4.71. The van der Waals surface area contributed by atoms with Crippen LogP contribution in [0.25, 0.3) is 0 Å². The van der Waals surface area contributed by atoms with Crippen molar-refractivity contribution >= 4 is 11.7 Å². The SMILES string of the molecule is CCC1=CC(=O)C2(CC(=O)N2)C(C)C1C. The molecule has 3 nitrogen and oxygen atoms in total. The van der Waals surface area contributed by atoms with Gasteiger partial charge in [-0.25, -0.2) is 0 Å². The molecule has 0 radical (unpaired) electrons. The third kappa shape index (κ3) is 1.25. The Morgan fingerprint density at radius 1 is 1.47 bits per heavy atom. The zero-order chi connectivity index (χ0) is 11.2. The zero-order valence-electron chi connectivity index (χ0n) is 9.46. The topological polar surface area (TPSA) is 46.2 Å². The van der Waals surface area contributed by atoms with Gasteiger partial charge in [0.2, 0.25) is 5.91 Å². The second kappa shape index (κ2) is 3.19. The number of carbonyl (C=O) groups excluding carboxylic acids is 2. The predicted octanol–water partition coefficient (Wildman–Crippen LogP) is 1.44. The van der Waals surface area contributed by atoms with Gasteiger partial charge in [0.25, 0.3) is 0 Å². The summed E-state index contributed by atoms with van der Waals surface area (Å²) in [7, 11) is 0. The van der Waals surface area contributed by atoms with E-state index in [-0.39, 0.29) is 17.6 Å². The standard InChI is InChI=1S/C12H17NO2/c1-4-9-5-10(14)12(6-11(15)13-12)8(3)7(9)2/h5,7-8H,4,6H2,1-3H3,(H,13,15). The minimum Gasteiger partial charge on any atom is -0.342 e. The molecule has 1 aliphatic carbocycles. The van der Waals surface area contributed by atoms with Crippen LogP contribution < -0.4 is 5.32 Å². The normalized spacial score (nSPS) is 39.8. The molecule has 0 aromatic heterocycles. The Morgan fingerprint density at radius 3 is 2.53 bits per heavy atom. The number of hydrogen-bond acceptors (Lipinski definition) is 2. The number of β-lactam (4-membered cyclic amide) rings is 1. The smallest absolute Gasteiger partial charge is 0.223 e. The van der Waals surface area contributed by atoms with E-state index in [1.165, 1.54) is 5.57 Å². The summed E-state index contributed by atoms with van der Waals surface area (Å²) < 4.78 is 0. The molecule has 2 aliphatic rings. The molecule has 0 aromatic rings. The van der Waals surface area contributed by atoms with Crippen LogP contribution in [0, 0.1) is 11.8 Å². The Labute approximate surface area is 89.9 Å². The molecule has 1 aliphatic heterocycles. The lowest BCUT2D eigenvalue weighted by Gasteiger charge is -2.49. The zero-order valence-corrected chi connectivity index (χ0v) is 9.46. The molecule has 2 rings (SSSR count).